The van der Waals surface area contributed by atoms with Gasteiger partial charge in [0.2, 0.25) is 0 Å². The average Bonchev–Trinajstić information content (AvgIpc) is 3.50. The predicted octanol–water partition coefficient (Wildman–Crippen LogP) is 6.09. The van der Waals surface area contributed by atoms with Crippen molar-refractivity contribution in [1.29, 1.82) is 0 Å². The first-order chi connectivity index (χ1) is 19.4. The number of hydrogen-bond donors (Lipinski definition) is 0. The van der Waals surface area contributed by atoms with Gasteiger partial charge in [-0.05, 0) is 42.2 Å². The van der Waals surface area contributed by atoms with Gasteiger partial charge in [-0.2, -0.15) is 0 Å². The minimum atomic E-state index is -0.200. The smallest absolute Gasteiger partial charge is 0.328 e. The van der Waals surface area contributed by atoms with Crippen LogP contribution in [0.2, 0.25) is 0 Å². The standard InChI is InChI=1S/C33H29N5O2/c1-22-35-29-19-34-16-15-30(29)37(22)20-24-9-12-26(13-10-24)32(39)28-21-38(33(40)36(2)3)31-18-25(11-14-27(28)31)17-23-7-5-4-6-8-23/h4-16,18-19,21H,17,20H2,1-3H3. The Morgan fingerprint density at radius 3 is 2.35 bits per heavy atom. The molecule has 0 fully saturated rings. The lowest BCUT2D eigenvalue weighted by Gasteiger charge is -2.12. The number of ketones is 1. The average molecular weight is 528 g/mol. The van der Waals surface area contributed by atoms with Crippen LogP contribution in [-0.2, 0) is 13.0 Å². The Hall–Kier alpha value is -5.04. The molecule has 0 bridgehead atoms. The normalized spacial score (nSPS) is 11.3. The van der Waals surface area contributed by atoms with Gasteiger partial charge in [-0.3, -0.25) is 14.3 Å². The quantitative estimate of drug-likeness (QED) is 0.246. The molecule has 0 aliphatic carbocycles. The van der Waals surface area contributed by atoms with Crippen LogP contribution in [-0.4, -0.2) is 49.9 Å². The molecule has 7 nitrogen and oxygen atoms in total. The van der Waals surface area contributed by atoms with Crippen molar-refractivity contribution in [2.24, 2.45) is 0 Å². The Balaban J connectivity index is 1.32. The maximum Gasteiger partial charge on any atom is 0.328 e. The van der Waals surface area contributed by atoms with Crippen LogP contribution in [0, 0.1) is 6.92 Å². The fraction of sp³-hybridized carbons (Fsp3) is 0.152. The molecule has 0 saturated heterocycles. The van der Waals surface area contributed by atoms with E-state index in [-0.39, 0.29) is 11.8 Å². The highest BCUT2D eigenvalue weighted by molar-refractivity contribution is 6.17. The Bertz CT molecular complexity index is 1860. The third-order valence-corrected chi connectivity index (χ3v) is 7.25. The van der Waals surface area contributed by atoms with E-state index in [1.165, 1.54) is 10.5 Å². The molecule has 3 aromatic heterocycles. The number of benzene rings is 3. The summed E-state index contributed by atoms with van der Waals surface area (Å²) in [6.45, 7) is 2.62. The minimum absolute atomic E-state index is 0.118. The SMILES string of the molecule is Cc1nc2cnccc2n1Cc1ccc(C(=O)c2cn(C(=O)N(C)C)c3cc(Cc4ccccc4)ccc23)cc1. The third-order valence-electron chi connectivity index (χ3n) is 7.25. The van der Waals surface area contributed by atoms with Crippen LogP contribution >= 0.6 is 0 Å². The highest BCUT2D eigenvalue weighted by Gasteiger charge is 2.21. The van der Waals surface area contributed by atoms with Crippen LogP contribution in [0.15, 0.2) is 97.5 Å². The minimum Gasteiger partial charge on any atom is -0.330 e. The van der Waals surface area contributed by atoms with Gasteiger partial charge in [0.05, 0.1) is 17.2 Å². The summed E-state index contributed by atoms with van der Waals surface area (Å²) in [5.74, 6) is 0.793. The van der Waals surface area contributed by atoms with Gasteiger partial charge in [0.1, 0.15) is 11.3 Å². The first-order valence-corrected chi connectivity index (χ1v) is 13.2. The van der Waals surface area contributed by atoms with E-state index in [0.29, 0.717) is 17.7 Å². The molecular formula is C33H29N5O2. The number of hydrogen-bond acceptors (Lipinski definition) is 4. The van der Waals surface area contributed by atoms with Crippen molar-refractivity contribution in [3.63, 3.8) is 0 Å². The number of aromatic nitrogens is 4. The van der Waals surface area contributed by atoms with Crippen molar-refractivity contribution >= 4 is 33.8 Å². The lowest BCUT2D eigenvalue weighted by atomic mass is 9.99. The fourth-order valence-electron chi connectivity index (χ4n) is 5.17. The molecule has 0 saturated carbocycles. The molecule has 0 aliphatic rings. The van der Waals surface area contributed by atoms with Crippen molar-refractivity contribution in [2.75, 3.05) is 14.1 Å². The Morgan fingerprint density at radius 1 is 0.850 bits per heavy atom. The summed E-state index contributed by atoms with van der Waals surface area (Å²) >= 11 is 0. The van der Waals surface area contributed by atoms with Crippen LogP contribution in [0.1, 0.15) is 38.4 Å². The molecule has 6 rings (SSSR count). The highest BCUT2D eigenvalue weighted by Crippen LogP contribution is 2.27. The number of aryl methyl sites for hydroxylation is 1. The number of fused-ring (bicyclic) bond motifs is 2. The first-order valence-electron chi connectivity index (χ1n) is 13.2. The van der Waals surface area contributed by atoms with E-state index in [4.69, 9.17) is 0 Å². The second-order valence-corrected chi connectivity index (χ2v) is 10.2. The van der Waals surface area contributed by atoms with Crippen LogP contribution < -0.4 is 0 Å². The van der Waals surface area contributed by atoms with E-state index in [0.717, 1.165) is 45.3 Å². The summed E-state index contributed by atoms with van der Waals surface area (Å²) in [4.78, 5) is 37.1. The summed E-state index contributed by atoms with van der Waals surface area (Å²) in [6, 6.07) is 25.6. The highest BCUT2D eigenvalue weighted by atomic mass is 16.2. The Kier molecular flexibility index (Phi) is 6.48. The summed E-state index contributed by atoms with van der Waals surface area (Å²) < 4.78 is 3.72. The first kappa shape index (κ1) is 25.2. The van der Waals surface area contributed by atoms with Gasteiger partial charge in [0.15, 0.2) is 5.78 Å². The summed E-state index contributed by atoms with van der Waals surface area (Å²) in [5.41, 5.74) is 7.02. The fourth-order valence-corrected chi connectivity index (χ4v) is 5.17. The summed E-state index contributed by atoms with van der Waals surface area (Å²) in [6.07, 6.45) is 5.95. The van der Waals surface area contributed by atoms with E-state index in [1.54, 1.807) is 37.3 Å². The van der Waals surface area contributed by atoms with E-state index in [2.05, 4.69) is 26.7 Å². The van der Waals surface area contributed by atoms with Crippen molar-refractivity contribution in [3.8, 4) is 0 Å². The summed E-state index contributed by atoms with van der Waals surface area (Å²) in [7, 11) is 3.42. The van der Waals surface area contributed by atoms with E-state index in [9.17, 15) is 9.59 Å². The maximum atomic E-state index is 13.7. The number of pyridine rings is 1. The molecule has 6 aromatic rings. The second-order valence-electron chi connectivity index (χ2n) is 10.2. The summed E-state index contributed by atoms with van der Waals surface area (Å²) in [5, 5.41) is 0.759. The van der Waals surface area contributed by atoms with Gasteiger partial charge < -0.3 is 9.47 Å². The molecule has 40 heavy (non-hydrogen) atoms. The Labute approximate surface area is 232 Å². The lowest BCUT2D eigenvalue weighted by molar-refractivity contribution is 0.104. The van der Waals surface area contributed by atoms with Crippen LogP contribution in [0.4, 0.5) is 4.79 Å². The van der Waals surface area contributed by atoms with E-state index >= 15 is 0 Å². The molecule has 0 radical (unpaired) electrons. The molecule has 0 unspecified atom stereocenters. The number of carbonyl (C=O) groups excluding carboxylic acids is 2. The predicted molar refractivity (Wildman–Crippen MR) is 157 cm³/mol. The number of carbonyl (C=O) groups is 2. The third kappa shape index (κ3) is 4.66. The number of nitrogens with zero attached hydrogens (tertiary/aromatic N) is 5. The molecule has 0 atom stereocenters. The molecule has 0 N–H and O–H groups in total. The lowest BCUT2D eigenvalue weighted by Crippen LogP contribution is -2.26. The zero-order valence-electron chi connectivity index (χ0n) is 22.7. The number of imidazole rings is 1. The molecule has 3 heterocycles. The zero-order chi connectivity index (χ0) is 27.8. The molecule has 0 aliphatic heterocycles. The maximum absolute atomic E-state index is 13.7. The van der Waals surface area contributed by atoms with E-state index in [1.807, 2.05) is 73.7 Å². The van der Waals surface area contributed by atoms with Crippen molar-refractivity contribution in [1.82, 2.24) is 24.0 Å². The Morgan fingerprint density at radius 2 is 1.60 bits per heavy atom. The van der Waals surface area contributed by atoms with Gasteiger partial charge >= 0.3 is 6.03 Å². The number of amides is 1. The van der Waals surface area contributed by atoms with Crippen molar-refractivity contribution in [2.45, 2.75) is 19.9 Å². The van der Waals surface area contributed by atoms with Gasteiger partial charge in [-0.25, -0.2) is 9.78 Å². The van der Waals surface area contributed by atoms with Gasteiger partial charge in [-0.15, -0.1) is 0 Å². The zero-order valence-corrected chi connectivity index (χ0v) is 22.7. The van der Waals surface area contributed by atoms with Gasteiger partial charge in [0.25, 0.3) is 0 Å². The number of rotatable bonds is 6. The molecule has 0 spiro atoms. The van der Waals surface area contributed by atoms with Crippen LogP contribution in [0.5, 0.6) is 0 Å². The van der Waals surface area contributed by atoms with Crippen molar-refractivity contribution < 1.29 is 9.59 Å². The molecule has 7 heteroatoms. The molecule has 1 amide bonds. The topological polar surface area (TPSA) is 73.0 Å². The monoisotopic (exact) mass is 527 g/mol. The largest absolute Gasteiger partial charge is 0.330 e. The van der Waals surface area contributed by atoms with Crippen LogP contribution in [0.25, 0.3) is 21.9 Å². The van der Waals surface area contributed by atoms with Crippen molar-refractivity contribution in [3.05, 3.63) is 131 Å². The van der Waals surface area contributed by atoms with E-state index < -0.39 is 0 Å². The molecular weight excluding hydrogens is 498 g/mol. The van der Waals surface area contributed by atoms with Gasteiger partial charge in [-0.1, -0.05) is 66.7 Å². The second kappa shape index (κ2) is 10.3. The molecule has 3 aromatic carbocycles. The van der Waals surface area contributed by atoms with Crippen LogP contribution in [0.3, 0.4) is 0 Å². The van der Waals surface area contributed by atoms with Gasteiger partial charge in [0, 0.05) is 49.5 Å². The molecule has 198 valence electrons.